The number of amidine groups is 1. The van der Waals surface area contributed by atoms with Gasteiger partial charge in [0.25, 0.3) is 0 Å². The van der Waals surface area contributed by atoms with Gasteiger partial charge in [-0.2, -0.15) is 0 Å². The Balaban J connectivity index is 1.77. The molecule has 0 bridgehead atoms. The van der Waals surface area contributed by atoms with Crippen molar-refractivity contribution in [2.45, 2.75) is 17.9 Å². The molecule has 178 valence electrons. The molecule has 3 aromatic rings. The van der Waals surface area contributed by atoms with Gasteiger partial charge in [0.15, 0.2) is 0 Å². The molecule has 0 heterocycles. The predicted molar refractivity (Wildman–Crippen MR) is 132 cm³/mol. The van der Waals surface area contributed by atoms with Gasteiger partial charge >= 0.3 is 0 Å². The lowest BCUT2D eigenvalue weighted by molar-refractivity contribution is -0.131. The number of methoxy groups -OCH3 is 1. The van der Waals surface area contributed by atoms with Gasteiger partial charge in [-0.3, -0.25) is 10.2 Å². The fraction of sp³-hybridized carbons (Fsp3) is 0.200. The predicted octanol–water partition coefficient (Wildman–Crippen LogP) is 2.50. The highest BCUT2D eigenvalue weighted by Gasteiger charge is 2.17. The Hall–Kier alpha value is -3.53. The lowest BCUT2D eigenvalue weighted by Gasteiger charge is -2.23. The first-order valence-corrected chi connectivity index (χ1v) is 12.1. The van der Waals surface area contributed by atoms with Crippen molar-refractivity contribution in [3.8, 4) is 11.1 Å². The van der Waals surface area contributed by atoms with Crippen molar-refractivity contribution in [2.75, 3.05) is 20.3 Å². The van der Waals surface area contributed by atoms with E-state index in [1.165, 1.54) is 6.07 Å². The van der Waals surface area contributed by atoms with Crippen LogP contribution in [0.15, 0.2) is 77.7 Å². The largest absolute Gasteiger partial charge is 0.384 e. The number of carbonyl (C=O) groups excluding carboxylic acids is 1. The molecule has 0 saturated heterocycles. The van der Waals surface area contributed by atoms with E-state index >= 15 is 0 Å². The number of hydrogen-bond donors (Lipinski definition) is 3. The van der Waals surface area contributed by atoms with Gasteiger partial charge in [0.2, 0.25) is 15.9 Å². The molecule has 0 radical (unpaired) electrons. The minimum atomic E-state index is -3.86. The van der Waals surface area contributed by atoms with Crippen LogP contribution in [0.5, 0.6) is 0 Å². The van der Waals surface area contributed by atoms with Crippen LogP contribution in [0.25, 0.3) is 11.1 Å². The second kappa shape index (κ2) is 11.1. The van der Waals surface area contributed by atoms with Crippen LogP contribution in [0, 0.1) is 5.41 Å². The number of primary sulfonamides is 1. The first kappa shape index (κ1) is 25.1. The summed E-state index contributed by atoms with van der Waals surface area (Å²) in [6, 6.07) is 20.9. The summed E-state index contributed by atoms with van der Waals surface area (Å²) in [6.07, 6.45) is 0.174. The van der Waals surface area contributed by atoms with Crippen LogP contribution in [-0.4, -0.2) is 45.3 Å². The molecule has 34 heavy (non-hydrogen) atoms. The first-order valence-electron chi connectivity index (χ1n) is 10.6. The molecule has 0 spiro atoms. The van der Waals surface area contributed by atoms with Crippen molar-refractivity contribution in [1.29, 1.82) is 5.41 Å². The Morgan fingerprint density at radius 1 is 1.00 bits per heavy atom. The number of sulfonamides is 1. The zero-order valence-corrected chi connectivity index (χ0v) is 19.7. The van der Waals surface area contributed by atoms with Crippen LogP contribution in [0.2, 0.25) is 0 Å². The number of amides is 1. The van der Waals surface area contributed by atoms with Crippen LogP contribution in [0.1, 0.15) is 16.7 Å². The van der Waals surface area contributed by atoms with Crippen molar-refractivity contribution < 1.29 is 17.9 Å². The van der Waals surface area contributed by atoms with Crippen LogP contribution in [-0.2, 0) is 32.5 Å². The summed E-state index contributed by atoms with van der Waals surface area (Å²) in [5, 5.41) is 13.0. The number of nitrogens with one attached hydrogen (secondary N) is 1. The van der Waals surface area contributed by atoms with E-state index in [2.05, 4.69) is 0 Å². The molecule has 3 rings (SSSR count). The third-order valence-electron chi connectivity index (χ3n) is 5.34. The Labute approximate surface area is 199 Å². The lowest BCUT2D eigenvalue weighted by Crippen LogP contribution is -2.34. The second-order valence-electron chi connectivity index (χ2n) is 7.84. The van der Waals surface area contributed by atoms with Crippen LogP contribution in [0.4, 0.5) is 0 Å². The zero-order chi connectivity index (χ0) is 24.7. The van der Waals surface area contributed by atoms with Crippen LogP contribution < -0.4 is 10.9 Å². The highest BCUT2D eigenvalue weighted by molar-refractivity contribution is 7.89. The van der Waals surface area contributed by atoms with Crippen molar-refractivity contribution in [1.82, 2.24) is 4.90 Å². The molecular formula is C25H28N4O4S. The van der Waals surface area contributed by atoms with E-state index in [1.54, 1.807) is 66.6 Å². The quantitative estimate of drug-likeness (QED) is 0.302. The maximum Gasteiger partial charge on any atom is 0.238 e. The van der Waals surface area contributed by atoms with Crippen LogP contribution in [0.3, 0.4) is 0 Å². The van der Waals surface area contributed by atoms with E-state index in [9.17, 15) is 13.2 Å². The highest BCUT2D eigenvalue weighted by atomic mass is 32.2. The number of nitrogen functional groups attached to an aromatic ring is 1. The Bertz CT molecular complexity index is 1270. The van der Waals surface area contributed by atoms with Crippen molar-refractivity contribution in [3.05, 3.63) is 89.5 Å². The Morgan fingerprint density at radius 3 is 2.35 bits per heavy atom. The maximum atomic E-state index is 13.1. The molecule has 0 atom stereocenters. The van der Waals surface area contributed by atoms with E-state index in [0.29, 0.717) is 36.4 Å². The highest BCUT2D eigenvalue weighted by Crippen LogP contribution is 2.27. The van der Waals surface area contributed by atoms with Crippen molar-refractivity contribution in [2.24, 2.45) is 10.9 Å². The fourth-order valence-electron chi connectivity index (χ4n) is 3.59. The summed E-state index contributed by atoms with van der Waals surface area (Å²) >= 11 is 0. The molecule has 0 aliphatic heterocycles. The number of rotatable bonds is 10. The number of benzene rings is 3. The normalized spacial score (nSPS) is 11.2. The van der Waals surface area contributed by atoms with Crippen LogP contribution >= 0.6 is 0 Å². The molecule has 0 aliphatic carbocycles. The minimum Gasteiger partial charge on any atom is -0.384 e. The molecule has 0 aromatic heterocycles. The van der Waals surface area contributed by atoms with E-state index in [-0.39, 0.29) is 23.1 Å². The molecule has 8 nitrogen and oxygen atoms in total. The summed E-state index contributed by atoms with van der Waals surface area (Å²) in [4.78, 5) is 14.8. The molecule has 0 fully saturated rings. The zero-order valence-electron chi connectivity index (χ0n) is 18.9. The van der Waals surface area contributed by atoms with Gasteiger partial charge in [0.05, 0.1) is 17.9 Å². The van der Waals surface area contributed by atoms with E-state index in [0.717, 1.165) is 11.1 Å². The van der Waals surface area contributed by atoms with Crippen molar-refractivity contribution >= 4 is 21.8 Å². The van der Waals surface area contributed by atoms with E-state index < -0.39 is 10.0 Å². The number of hydrogen-bond acceptors (Lipinski definition) is 5. The van der Waals surface area contributed by atoms with Gasteiger partial charge in [0.1, 0.15) is 5.84 Å². The number of ether oxygens (including phenoxy) is 1. The summed E-state index contributed by atoms with van der Waals surface area (Å²) in [5.41, 5.74) is 9.05. The lowest BCUT2D eigenvalue weighted by atomic mass is 10.0. The number of carbonyl (C=O) groups is 1. The summed E-state index contributed by atoms with van der Waals surface area (Å²) in [6.45, 7) is 1.17. The minimum absolute atomic E-state index is 0.0271. The second-order valence-corrected chi connectivity index (χ2v) is 9.37. The number of nitrogens with zero attached hydrogens (tertiary/aromatic N) is 1. The standard InChI is InChI=1S/C25H28N4O4S/c1-33-14-13-29(17-19-5-4-6-21(15-19)25(26)27)24(30)16-18-9-11-20(12-10-18)22-7-2-3-8-23(22)34(28,31)32/h2-12,15H,13-14,16-17H2,1H3,(H3,26,27)(H2,28,31,32). The summed E-state index contributed by atoms with van der Waals surface area (Å²) in [7, 11) is -2.28. The molecule has 0 saturated carbocycles. The fourth-order valence-corrected chi connectivity index (χ4v) is 4.35. The molecule has 5 N–H and O–H groups in total. The van der Waals surface area contributed by atoms with Gasteiger partial charge in [-0.25, -0.2) is 13.6 Å². The van der Waals surface area contributed by atoms with Gasteiger partial charge in [-0.15, -0.1) is 0 Å². The molecule has 1 amide bonds. The third kappa shape index (κ3) is 6.50. The Morgan fingerprint density at radius 2 is 1.71 bits per heavy atom. The topological polar surface area (TPSA) is 140 Å². The van der Waals surface area contributed by atoms with Gasteiger partial charge in [-0.05, 0) is 28.8 Å². The SMILES string of the molecule is COCCN(Cc1cccc(C(=N)N)c1)C(=O)Cc1ccc(-c2ccccc2S(N)(=O)=O)cc1. The van der Waals surface area contributed by atoms with Gasteiger partial charge in [0, 0.05) is 31.3 Å². The summed E-state index contributed by atoms with van der Waals surface area (Å²) in [5.74, 6) is -0.108. The smallest absolute Gasteiger partial charge is 0.238 e. The van der Waals surface area contributed by atoms with Gasteiger partial charge in [-0.1, -0.05) is 60.7 Å². The Kier molecular flexibility index (Phi) is 8.17. The molecular weight excluding hydrogens is 452 g/mol. The first-order chi connectivity index (χ1) is 16.2. The third-order valence-corrected chi connectivity index (χ3v) is 6.31. The van der Waals surface area contributed by atoms with Gasteiger partial charge < -0.3 is 15.4 Å². The monoisotopic (exact) mass is 480 g/mol. The molecule has 0 unspecified atom stereocenters. The molecule has 3 aromatic carbocycles. The van der Waals surface area contributed by atoms with E-state index in [4.69, 9.17) is 21.0 Å². The molecule has 9 heteroatoms. The molecule has 0 aliphatic rings. The summed E-state index contributed by atoms with van der Waals surface area (Å²) < 4.78 is 29.0. The average Bonchev–Trinajstić information content (AvgIpc) is 2.82. The van der Waals surface area contributed by atoms with Crippen molar-refractivity contribution in [3.63, 3.8) is 0 Å². The number of nitrogens with two attached hydrogens (primary N) is 2. The average molecular weight is 481 g/mol. The maximum absolute atomic E-state index is 13.1. The van der Waals surface area contributed by atoms with E-state index in [1.807, 2.05) is 12.1 Å².